The number of fused-ring (bicyclic) bond motifs is 7. The summed E-state index contributed by atoms with van der Waals surface area (Å²) in [6.07, 6.45) is 1.74. The monoisotopic (exact) mass is 514 g/mol. The molecule has 192 valence electrons. The summed E-state index contributed by atoms with van der Waals surface area (Å²) in [6.45, 7) is 9.87. The third kappa shape index (κ3) is 3.80. The Morgan fingerprint density at radius 1 is 1.10 bits per heavy atom. The van der Waals surface area contributed by atoms with Gasteiger partial charge in [-0.3, -0.25) is 9.89 Å². The highest BCUT2D eigenvalue weighted by atomic mass is 16.5. The fourth-order valence-electron chi connectivity index (χ4n) is 5.15. The van der Waals surface area contributed by atoms with Crippen molar-refractivity contribution in [1.82, 2.24) is 4.90 Å². The molecule has 0 fully saturated rings. The maximum absolute atomic E-state index is 11.2. The van der Waals surface area contributed by atoms with Gasteiger partial charge in [-0.25, -0.2) is 0 Å². The van der Waals surface area contributed by atoms with Crippen LogP contribution in [-0.4, -0.2) is 28.8 Å². The van der Waals surface area contributed by atoms with Crippen LogP contribution in [0.4, 0.5) is 5.69 Å². The largest absolute Gasteiger partial charge is 0.508 e. The van der Waals surface area contributed by atoms with Crippen molar-refractivity contribution in [3.8, 4) is 17.6 Å². The van der Waals surface area contributed by atoms with Gasteiger partial charge in [-0.2, -0.15) is 10.3 Å². The van der Waals surface area contributed by atoms with E-state index in [1.165, 1.54) is 0 Å². The SMILES string of the molecule is C=C(C)c1cc2cc(C(C)=NC)c3c(c2o1)C1c2c(O)cccc2C=C(C#N)N1C(=Nc1ccc(C)cc1)O3. The summed E-state index contributed by atoms with van der Waals surface area (Å²) in [4.78, 5) is 11.0. The summed E-state index contributed by atoms with van der Waals surface area (Å²) >= 11 is 0. The second-order valence-corrected chi connectivity index (χ2v) is 9.81. The lowest BCUT2D eigenvalue weighted by atomic mass is 9.85. The molecule has 0 bridgehead atoms. The van der Waals surface area contributed by atoms with Gasteiger partial charge in [0.2, 0.25) is 0 Å². The zero-order chi connectivity index (χ0) is 27.4. The van der Waals surface area contributed by atoms with Gasteiger partial charge in [0.1, 0.15) is 40.7 Å². The zero-order valence-corrected chi connectivity index (χ0v) is 22.1. The van der Waals surface area contributed by atoms with Gasteiger partial charge in [0.05, 0.1) is 11.3 Å². The first-order valence-corrected chi connectivity index (χ1v) is 12.6. The van der Waals surface area contributed by atoms with Gasteiger partial charge in [-0.15, -0.1) is 0 Å². The van der Waals surface area contributed by atoms with Gasteiger partial charge in [0.15, 0.2) is 0 Å². The molecule has 0 aliphatic carbocycles. The molecule has 0 amide bonds. The maximum Gasteiger partial charge on any atom is 0.304 e. The summed E-state index contributed by atoms with van der Waals surface area (Å²) in [7, 11) is 1.73. The molecule has 39 heavy (non-hydrogen) atoms. The van der Waals surface area contributed by atoms with Gasteiger partial charge in [0.25, 0.3) is 0 Å². The van der Waals surface area contributed by atoms with Crippen molar-refractivity contribution >= 4 is 40.0 Å². The molecule has 1 aromatic heterocycles. The molecular weight excluding hydrogens is 488 g/mol. The van der Waals surface area contributed by atoms with Crippen LogP contribution in [0.15, 0.2) is 81.3 Å². The number of hydrogen-bond acceptors (Lipinski definition) is 6. The summed E-state index contributed by atoms with van der Waals surface area (Å²) in [6, 6.07) is 18.9. The van der Waals surface area contributed by atoms with Crippen molar-refractivity contribution in [3.05, 3.63) is 100 Å². The number of amidine groups is 1. The van der Waals surface area contributed by atoms with Crippen LogP contribution in [0.2, 0.25) is 0 Å². The predicted molar refractivity (Wildman–Crippen MR) is 153 cm³/mol. The molecule has 7 heteroatoms. The van der Waals surface area contributed by atoms with Crippen molar-refractivity contribution in [2.24, 2.45) is 9.98 Å². The number of phenolic OH excluding ortho intramolecular Hbond substituents is 1. The van der Waals surface area contributed by atoms with Gasteiger partial charge >= 0.3 is 6.02 Å². The van der Waals surface area contributed by atoms with Crippen LogP contribution >= 0.6 is 0 Å². The minimum Gasteiger partial charge on any atom is -0.508 e. The van der Waals surface area contributed by atoms with Crippen LogP contribution in [0.3, 0.4) is 0 Å². The summed E-state index contributed by atoms with van der Waals surface area (Å²) in [5.74, 6) is 1.27. The molecule has 2 aliphatic rings. The maximum atomic E-state index is 11.2. The molecule has 0 radical (unpaired) electrons. The molecule has 1 unspecified atom stereocenters. The van der Waals surface area contributed by atoms with Crippen LogP contribution in [0.1, 0.15) is 53.5 Å². The first-order chi connectivity index (χ1) is 18.8. The molecule has 1 N–H and O–H groups in total. The molecule has 6 rings (SSSR count). The van der Waals surface area contributed by atoms with Crippen LogP contribution in [0.25, 0.3) is 22.6 Å². The third-order valence-corrected chi connectivity index (χ3v) is 7.19. The lowest BCUT2D eigenvalue weighted by molar-refractivity contribution is 0.312. The fourth-order valence-corrected chi connectivity index (χ4v) is 5.15. The number of allylic oxidation sites excluding steroid dienone is 2. The van der Waals surface area contributed by atoms with Crippen molar-refractivity contribution < 1.29 is 14.3 Å². The van der Waals surface area contributed by atoms with E-state index in [2.05, 4.69) is 17.6 Å². The van der Waals surface area contributed by atoms with Gasteiger partial charge < -0.3 is 14.3 Å². The van der Waals surface area contributed by atoms with E-state index in [1.807, 2.05) is 63.2 Å². The number of furan rings is 1. The van der Waals surface area contributed by atoms with E-state index in [9.17, 15) is 10.4 Å². The Morgan fingerprint density at radius 2 is 1.87 bits per heavy atom. The van der Waals surface area contributed by atoms with E-state index in [4.69, 9.17) is 14.1 Å². The van der Waals surface area contributed by atoms with Crippen molar-refractivity contribution in [2.45, 2.75) is 26.8 Å². The zero-order valence-electron chi connectivity index (χ0n) is 22.1. The number of aryl methyl sites for hydroxylation is 1. The Bertz CT molecular complexity index is 1820. The minimum atomic E-state index is -0.648. The number of aliphatic imine (C=N–C) groups is 2. The quantitative estimate of drug-likeness (QED) is 0.290. The minimum absolute atomic E-state index is 0.101. The Labute approximate surface area is 226 Å². The second-order valence-electron chi connectivity index (χ2n) is 9.81. The second kappa shape index (κ2) is 9.03. The third-order valence-electron chi connectivity index (χ3n) is 7.19. The molecule has 0 saturated heterocycles. The molecular formula is C32H26N4O3. The number of aromatic hydroxyl groups is 1. The number of nitrogens with zero attached hydrogens (tertiary/aromatic N) is 4. The average molecular weight is 515 g/mol. The molecule has 3 aromatic carbocycles. The number of hydrogen-bond donors (Lipinski definition) is 1. The van der Waals surface area contributed by atoms with Crippen molar-refractivity contribution in [2.75, 3.05) is 7.05 Å². The highest BCUT2D eigenvalue weighted by Gasteiger charge is 2.44. The normalized spacial score (nSPS) is 17.2. The Morgan fingerprint density at radius 3 is 2.56 bits per heavy atom. The molecule has 1 atom stereocenters. The van der Waals surface area contributed by atoms with Gasteiger partial charge in [-0.1, -0.05) is 36.4 Å². The Hall–Kier alpha value is -5.09. The van der Waals surface area contributed by atoms with Gasteiger partial charge in [-0.05, 0) is 68.3 Å². The lowest BCUT2D eigenvalue weighted by Crippen LogP contribution is -2.43. The van der Waals surface area contributed by atoms with Crippen molar-refractivity contribution in [3.63, 3.8) is 0 Å². The fraction of sp³-hybridized carbons (Fsp3) is 0.156. The smallest absolute Gasteiger partial charge is 0.304 e. The van der Waals surface area contributed by atoms with E-state index in [1.54, 1.807) is 30.2 Å². The molecule has 2 aliphatic heterocycles. The van der Waals surface area contributed by atoms with Gasteiger partial charge in [0, 0.05) is 29.3 Å². The van der Waals surface area contributed by atoms with E-state index < -0.39 is 6.04 Å². The first-order valence-electron chi connectivity index (χ1n) is 12.6. The van der Waals surface area contributed by atoms with Crippen LogP contribution in [-0.2, 0) is 0 Å². The van der Waals surface area contributed by atoms with E-state index in [0.29, 0.717) is 39.6 Å². The highest BCUT2D eigenvalue weighted by molar-refractivity contribution is 6.07. The molecule has 7 nitrogen and oxygen atoms in total. The average Bonchev–Trinajstić information content (AvgIpc) is 3.37. The van der Waals surface area contributed by atoms with Crippen LogP contribution in [0.5, 0.6) is 11.5 Å². The summed E-state index contributed by atoms with van der Waals surface area (Å²) in [5, 5.41) is 22.3. The molecule has 0 spiro atoms. The lowest BCUT2D eigenvalue weighted by Gasteiger charge is -2.41. The van der Waals surface area contributed by atoms with Crippen LogP contribution < -0.4 is 4.74 Å². The Balaban J connectivity index is 1.75. The number of nitriles is 1. The first kappa shape index (κ1) is 24.3. The summed E-state index contributed by atoms with van der Waals surface area (Å²) in [5.41, 5.74) is 7.07. The molecule has 3 heterocycles. The van der Waals surface area contributed by atoms with E-state index in [0.717, 1.165) is 33.4 Å². The van der Waals surface area contributed by atoms with Crippen LogP contribution in [0, 0.1) is 18.3 Å². The number of ether oxygens (including phenoxy) is 1. The molecule has 0 saturated carbocycles. The standard InChI is InChI=1S/C32H26N4O3/c1-17(2)26-15-21-14-24(19(4)34-5)31-28(30(21)38-26)29-27-20(7-6-8-25(27)37)13-23(16-33)36(29)32(39-31)35-22-11-9-18(3)10-12-22/h6-15,29,37H,1H2,2-5H3. The number of phenols is 1. The number of benzene rings is 3. The van der Waals surface area contributed by atoms with Crippen molar-refractivity contribution in [1.29, 1.82) is 5.26 Å². The predicted octanol–water partition coefficient (Wildman–Crippen LogP) is 7.27. The van der Waals surface area contributed by atoms with E-state index >= 15 is 0 Å². The summed E-state index contributed by atoms with van der Waals surface area (Å²) < 4.78 is 13.0. The Kier molecular flexibility index (Phi) is 5.62. The van der Waals surface area contributed by atoms with E-state index in [-0.39, 0.29) is 11.8 Å². The topological polar surface area (TPSA) is 94.4 Å². The molecule has 4 aromatic rings. The highest BCUT2D eigenvalue weighted by Crippen LogP contribution is 2.52. The number of rotatable bonds is 3.